The van der Waals surface area contributed by atoms with E-state index < -0.39 is 0 Å². The van der Waals surface area contributed by atoms with E-state index in [1.54, 1.807) is 12.1 Å². The Morgan fingerprint density at radius 1 is 1.15 bits per heavy atom. The predicted octanol–water partition coefficient (Wildman–Crippen LogP) is 3.98. The lowest BCUT2D eigenvalue weighted by molar-refractivity contribution is 0.246. The topological polar surface area (TPSA) is 15.3 Å². The minimum atomic E-state index is -0.165. The van der Waals surface area contributed by atoms with E-state index in [1.807, 2.05) is 0 Å². The van der Waals surface area contributed by atoms with Gasteiger partial charge in [0.05, 0.1) is 5.69 Å². The molecule has 0 unspecified atom stereocenters. The molecular weight excluding hydrogens is 275 g/mol. The van der Waals surface area contributed by atoms with Crippen LogP contribution in [0.3, 0.4) is 0 Å². The molecule has 2 aliphatic rings. The van der Waals surface area contributed by atoms with Gasteiger partial charge in [-0.1, -0.05) is 30.9 Å². The first kappa shape index (κ1) is 14.2. The third-order valence-corrected chi connectivity index (χ3v) is 4.89. The molecule has 1 saturated carbocycles. The number of halogens is 2. The molecule has 1 aromatic carbocycles. The molecule has 1 heterocycles. The number of hydrogen-bond acceptors (Lipinski definition) is 2. The maximum Gasteiger partial charge on any atom is 0.146 e. The maximum absolute atomic E-state index is 14.1. The van der Waals surface area contributed by atoms with E-state index in [-0.39, 0.29) is 11.4 Å². The van der Waals surface area contributed by atoms with Crippen LogP contribution in [-0.4, -0.2) is 25.2 Å². The second kappa shape index (κ2) is 5.90. The smallest absolute Gasteiger partial charge is 0.146 e. The molecule has 0 amide bonds. The van der Waals surface area contributed by atoms with Crippen molar-refractivity contribution in [1.82, 2.24) is 5.32 Å². The van der Waals surface area contributed by atoms with Crippen molar-refractivity contribution in [3.05, 3.63) is 29.0 Å². The highest BCUT2D eigenvalue weighted by Crippen LogP contribution is 2.33. The predicted molar refractivity (Wildman–Crippen MR) is 82.1 cm³/mol. The molecule has 1 aromatic rings. The van der Waals surface area contributed by atoms with Crippen molar-refractivity contribution in [1.29, 1.82) is 0 Å². The zero-order chi connectivity index (χ0) is 14.0. The van der Waals surface area contributed by atoms with Gasteiger partial charge in [0.15, 0.2) is 0 Å². The van der Waals surface area contributed by atoms with Crippen molar-refractivity contribution in [2.75, 3.05) is 24.5 Å². The minimum Gasteiger partial charge on any atom is -0.367 e. The largest absolute Gasteiger partial charge is 0.367 e. The van der Waals surface area contributed by atoms with Gasteiger partial charge in [-0.15, -0.1) is 0 Å². The highest BCUT2D eigenvalue weighted by atomic mass is 35.5. The van der Waals surface area contributed by atoms with E-state index in [0.29, 0.717) is 10.7 Å². The lowest BCUT2D eigenvalue weighted by Gasteiger charge is -2.40. The van der Waals surface area contributed by atoms with Crippen LogP contribution >= 0.6 is 11.6 Å². The summed E-state index contributed by atoms with van der Waals surface area (Å²) in [6.45, 7) is 2.81. The monoisotopic (exact) mass is 296 g/mol. The first-order valence-electron chi connectivity index (χ1n) is 7.64. The van der Waals surface area contributed by atoms with Gasteiger partial charge in [0, 0.05) is 23.7 Å². The number of benzene rings is 1. The third-order valence-electron chi connectivity index (χ3n) is 4.66. The van der Waals surface area contributed by atoms with Gasteiger partial charge in [0.1, 0.15) is 5.82 Å². The molecule has 1 N–H and O–H groups in total. The average Bonchev–Trinajstić information content (AvgIpc) is 2.65. The summed E-state index contributed by atoms with van der Waals surface area (Å²) in [7, 11) is 0. The number of rotatable bonds is 1. The molecular formula is C16H22ClFN2. The highest BCUT2D eigenvalue weighted by molar-refractivity contribution is 6.30. The SMILES string of the molecule is Fc1ccc(Cl)cc1N1CCCNC2(CCCCC2)C1. The molecule has 1 spiro atoms. The zero-order valence-corrected chi connectivity index (χ0v) is 12.6. The van der Waals surface area contributed by atoms with Crippen LogP contribution in [-0.2, 0) is 0 Å². The summed E-state index contributed by atoms with van der Waals surface area (Å²) < 4.78 is 14.1. The first-order chi connectivity index (χ1) is 9.69. The van der Waals surface area contributed by atoms with Crippen molar-refractivity contribution in [2.24, 2.45) is 0 Å². The number of anilines is 1. The zero-order valence-electron chi connectivity index (χ0n) is 11.8. The van der Waals surface area contributed by atoms with E-state index in [0.717, 1.165) is 26.1 Å². The van der Waals surface area contributed by atoms with Crippen LogP contribution < -0.4 is 10.2 Å². The van der Waals surface area contributed by atoms with Gasteiger partial charge in [-0.2, -0.15) is 0 Å². The first-order valence-corrected chi connectivity index (χ1v) is 8.01. The van der Waals surface area contributed by atoms with Gasteiger partial charge in [-0.05, 0) is 44.0 Å². The van der Waals surface area contributed by atoms with Crippen LogP contribution in [0.5, 0.6) is 0 Å². The fourth-order valence-corrected chi connectivity index (χ4v) is 3.79. The van der Waals surface area contributed by atoms with E-state index >= 15 is 0 Å². The Labute approximate surface area is 125 Å². The normalized spacial score (nSPS) is 22.8. The molecule has 1 saturated heterocycles. The Morgan fingerprint density at radius 3 is 2.75 bits per heavy atom. The van der Waals surface area contributed by atoms with Crippen molar-refractivity contribution >= 4 is 17.3 Å². The lowest BCUT2D eigenvalue weighted by Crippen LogP contribution is -2.52. The molecule has 0 atom stereocenters. The molecule has 0 radical (unpaired) electrons. The van der Waals surface area contributed by atoms with E-state index in [4.69, 9.17) is 11.6 Å². The van der Waals surface area contributed by atoms with Crippen LogP contribution in [0.15, 0.2) is 18.2 Å². The summed E-state index contributed by atoms with van der Waals surface area (Å²) >= 11 is 6.05. The van der Waals surface area contributed by atoms with Gasteiger partial charge in [0.2, 0.25) is 0 Å². The Kier molecular flexibility index (Phi) is 4.18. The Balaban J connectivity index is 1.86. The molecule has 0 aromatic heterocycles. The molecule has 2 fully saturated rings. The van der Waals surface area contributed by atoms with Gasteiger partial charge in [-0.25, -0.2) is 4.39 Å². The summed E-state index contributed by atoms with van der Waals surface area (Å²) in [5, 5.41) is 4.34. The summed E-state index contributed by atoms with van der Waals surface area (Å²) in [5.41, 5.74) is 0.829. The van der Waals surface area contributed by atoms with Crippen LogP contribution in [0.2, 0.25) is 5.02 Å². The molecule has 20 heavy (non-hydrogen) atoms. The Morgan fingerprint density at radius 2 is 1.95 bits per heavy atom. The molecule has 1 aliphatic heterocycles. The third kappa shape index (κ3) is 2.94. The maximum atomic E-state index is 14.1. The summed E-state index contributed by atoms with van der Waals surface area (Å²) in [6, 6.07) is 4.86. The van der Waals surface area contributed by atoms with Gasteiger partial charge >= 0.3 is 0 Å². The molecule has 0 bridgehead atoms. The van der Waals surface area contributed by atoms with Crippen LogP contribution in [0.1, 0.15) is 38.5 Å². The van der Waals surface area contributed by atoms with E-state index in [1.165, 1.54) is 38.2 Å². The summed E-state index contributed by atoms with van der Waals surface area (Å²) in [5.74, 6) is -0.165. The van der Waals surface area contributed by atoms with E-state index in [2.05, 4.69) is 10.2 Å². The summed E-state index contributed by atoms with van der Waals surface area (Å²) in [4.78, 5) is 2.19. The van der Waals surface area contributed by atoms with Crippen molar-refractivity contribution < 1.29 is 4.39 Å². The standard InChI is InChI=1S/C16H22ClFN2/c17-13-5-6-14(18)15(11-13)20-10-4-9-19-16(12-20)7-2-1-3-8-16/h5-6,11,19H,1-4,7-10,12H2. The number of hydrogen-bond donors (Lipinski definition) is 1. The van der Waals surface area contributed by atoms with E-state index in [9.17, 15) is 4.39 Å². The minimum absolute atomic E-state index is 0.165. The fourth-order valence-electron chi connectivity index (χ4n) is 3.62. The van der Waals surface area contributed by atoms with Gasteiger partial charge in [0.25, 0.3) is 0 Å². The Bertz CT molecular complexity index is 472. The summed E-state index contributed by atoms with van der Waals surface area (Å²) in [6.07, 6.45) is 7.33. The van der Waals surface area contributed by atoms with Gasteiger partial charge in [-0.3, -0.25) is 0 Å². The van der Waals surface area contributed by atoms with Crippen LogP contribution in [0, 0.1) is 5.82 Å². The quantitative estimate of drug-likeness (QED) is 0.843. The lowest BCUT2D eigenvalue weighted by atomic mass is 9.81. The van der Waals surface area contributed by atoms with Crippen LogP contribution in [0.25, 0.3) is 0 Å². The highest BCUT2D eigenvalue weighted by Gasteiger charge is 2.35. The van der Waals surface area contributed by atoms with Crippen LogP contribution in [0.4, 0.5) is 10.1 Å². The molecule has 3 rings (SSSR count). The molecule has 110 valence electrons. The fraction of sp³-hybridized carbons (Fsp3) is 0.625. The molecule has 4 heteroatoms. The average molecular weight is 297 g/mol. The van der Waals surface area contributed by atoms with Crippen molar-refractivity contribution in [2.45, 2.75) is 44.1 Å². The second-order valence-corrected chi connectivity index (χ2v) is 6.58. The molecule has 1 aliphatic carbocycles. The molecule has 2 nitrogen and oxygen atoms in total. The second-order valence-electron chi connectivity index (χ2n) is 6.14. The van der Waals surface area contributed by atoms with Crippen molar-refractivity contribution in [3.63, 3.8) is 0 Å². The van der Waals surface area contributed by atoms with Crippen molar-refractivity contribution in [3.8, 4) is 0 Å². The number of nitrogens with one attached hydrogen (secondary N) is 1. The number of nitrogens with zero attached hydrogens (tertiary/aromatic N) is 1. The Hall–Kier alpha value is -0.800. The van der Waals surface area contributed by atoms with Gasteiger partial charge < -0.3 is 10.2 Å².